The quantitative estimate of drug-likeness (QED) is 0.387. The molecule has 7 nitrogen and oxygen atoms in total. The van der Waals surface area contributed by atoms with Gasteiger partial charge in [-0.3, -0.25) is 4.90 Å². The second-order valence-electron chi connectivity index (χ2n) is 8.49. The predicted molar refractivity (Wildman–Crippen MR) is 131 cm³/mol. The van der Waals surface area contributed by atoms with E-state index in [1.165, 1.54) is 30.4 Å². The van der Waals surface area contributed by atoms with Crippen molar-refractivity contribution in [3.05, 3.63) is 47.4 Å². The molecule has 0 atom stereocenters. The van der Waals surface area contributed by atoms with Gasteiger partial charge in [0.25, 0.3) is 0 Å². The lowest BCUT2D eigenvalue weighted by Gasteiger charge is -2.25. The van der Waals surface area contributed by atoms with Crippen molar-refractivity contribution in [2.24, 2.45) is 0 Å². The Labute approximate surface area is 201 Å². The maximum absolute atomic E-state index is 5.51. The van der Waals surface area contributed by atoms with Gasteiger partial charge in [0.15, 0.2) is 5.16 Å². The average Bonchev–Trinajstić information content (AvgIpc) is 3.36. The van der Waals surface area contributed by atoms with Crippen LogP contribution >= 0.6 is 23.1 Å². The molecule has 1 aromatic carbocycles. The van der Waals surface area contributed by atoms with Gasteiger partial charge >= 0.3 is 0 Å². The van der Waals surface area contributed by atoms with Crippen molar-refractivity contribution < 1.29 is 4.74 Å². The molecule has 0 bridgehead atoms. The molecule has 9 heteroatoms. The zero-order valence-corrected chi connectivity index (χ0v) is 20.1. The number of thiophene rings is 1. The Kier molecular flexibility index (Phi) is 6.11. The molecule has 6 rings (SSSR count). The minimum Gasteiger partial charge on any atom is -0.379 e. The number of fused-ring (bicyclic) bond motifs is 2. The monoisotopic (exact) mass is 478 g/mol. The summed E-state index contributed by atoms with van der Waals surface area (Å²) in [7, 11) is 0. The lowest BCUT2D eigenvalue weighted by atomic mass is 10.1. The fourth-order valence-corrected chi connectivity index (χ4v) is 6.56. The number of morpholine rings is 1. The Balaban J connectivity index is 1.43. The van der Waals surface area contributed by atoms with E-state index in [2.05, 4.69) is 55.4 Å². The van der Waals surface area contributed by atoms with Gasteiger partial charge in [0.05, 0.1) is 25.1 Å². The fourth-order valence-electron chi connectivity index (χ4n) is 4.51. The Morgan fingerprint density at radius 1 is 0.970 bits per heavy atom. The van der Waals surface area contributed by atoms with Crippen LogP contribution in [0.2, 0.25) is 0 Å². The van der Waals surface area contributed by atoms with E-state index in [0.717, 1.165) is 77.9 Å². The molecule has 1 saturated heterocycles. The molecule has 0 spiro atoms. The molecule has 2 aliphatic rings. The molecule has 170 valence electrons. The number of hydrogen-bond donors (Lipinski definition) is 0. The van der Waals surface area contributed by atoms with E-state index >= 15 is 0 Å². The number of ether oxygens (including phenoxy) is 1. The van der Waals surface area contributed by atoms with Crippen LogP contribution in [-0.4, -0.2) is 55.9 Å². The van der Waals surface area contributed by atoms with Gasteiger partial charge in [-0.25, -0.2) is 9.97 Å². The summed E-state index contributed by atoms with van der Waals surface area (Å²) in [5.41, 5.74) is 2.38. The van der Waals surface area contributed by atoms with Crippen LogP contribution in [0.5, 0.6) is 0 Å². The third-order valence-corrected chi connectivity index (χ3v) is 8.11. The highest BCUT2D eigenvalue weighted by atomic mass is 32.2. The van der Waals surface area contributed by atoms with Crippen molar-refractivity contribution in [3.63, 3.8) is 0 Å². The number of rotatable bonds is 5. The van der Waals surface area contributed by atoms with Gasteiger partial charge in [0.2, 0.25) is 0 Å². The van der Waals surface area contributed by atoms with Crippen molar-refractivity contribution in [2.75, 3.05) is 26.3 Å². The smallest absolute Gasteiger partial charge is 0.197 e. The highest BCUT2D eigenvalue weighted by Gasteiger charge is 2.22. The van der Waals surface area contributed by atoms with E-state index in [9.17, 15) is 0 Å². The van der Waals surface area contributed by atoms with Crippen molar-refractivity contribution >= 4 is 33.3 Å². The minimum absolute atomic E-state index is 0.739. The first-order valence-corrected chi connectivity index (χ1v) is 13.3. The molecule has 0 unspecified atom stereocenters. The normalized spacial score (nSPS) is 17.2. The number of aromatic nitrogens is 5. The summed E-state index contributed by atoms with van der Waals surface area (Å²) in [5.74, 6) is 1.96. The largest absolute Gasteiger partial charge is 0.379 e. The predicted octanol–water partition coefficient (Wildman–Crippen LogP) is 4.66. The van der Waals surface area contributed by atoms with Crippen LogP contribution in [0, 0.1) is 0 Å². The summed E-state index contributed by atoms with van der Waals surface area (Å²) in [4.78, 5) is 13.5. The average molecular weight is 479 g/mol. The second kappa shape index (κ2) is 9.50. The summed E-state index contributed by atoms with van der Waals surface area (Å²) >= 11 is 3.33. The van der Waals surface area contributed by atoms with Gasteiger partial charge < -0.3 is 9.30 Å². The third-order valence-electron chi connectivity index (χ3n) is 6.26. The zero-order chi connectivity index (χ0) is 22.0. The summed E-state index contributed by atoms with van der Waals surface area (Å²) in [6.45, 7) is 5.10. The Bertz CT molecular complexity index is 1250. The molecule has 0 aliphatic carbocycles. The van der Waals surface area contributed by atoms with Crippen molar-refractivity contribution in [1.82, 2.24) is 29.6 Å². The maximum atomic E-state index is 5.51. The van der Waals surface area contributed by atoms with Crippen LogP contribution in [0.3, 0.4) is 0 Å². The number of benzene rings is 1. The van der Waals surface area contributed by atoms with E-state index in [-0.39, 0.29) is 0 Å². The molecular weight excluding hydrogens is 452 g/mol. The van der Waals surface area contributed by atoms with Gasteiger partial charge in [-0.05, 0) is 30.2 Å². The Morgan fingerprint density at radius 2 is 1.85 bits per heavy atom. The van der Waals surface area contributed by atoms with Crippen LogP contribution < -0.4 is 0 Å². The van der Waals surface area contributed by atoms with Crippen LogP contribution in [0.1, 0.15) is 30.9 Å². The molecule has 0 radical (unpaired) electrons. The fraction of sp³-hybridized carbons (Fsp3) is 0.417. The third kappa shape index (κ3) is 4.42. The van der Waals surface area contributed by atoms with E-state index in [1.807, 2.05) is 0 Å². The van der Waals surface area contributed by atoms with Gasteiger partial charge in [0, 0.05) is 37.0 Å². The van der Waals surface area contributed by atoms with Crippen LogP contribution in [-0.2, 0) is 24.2 Å². The summed E-state index contributed by atoms with van der Waals surface area (Å²) in [6, 6.07) is 10.5. The molecule has 1 fully saturated rings. The molecule has 0 amide bonds. The molecule has 33 heavy (non-hydrogen) atoms. The standard InChI is InChI=1S/C24H26N6OS2/c1-3-7-17(8-4-1)18-16-32-22-21(18)23(26-19(25-22)15-29-11-13-31-14-12-29)33-24-28-27-20-9-5-2-6-10-30(20)24/h1,3-4,7-8,16H,2,5-6,9-15H2. The molecule has 3 aromatic heterocycles. The molecular formula is C24H26N6OS2. The molecule has 0 N–H and O–H groups in total. The molecule has 0 saturated carbocycles. The topological polar surface area (TPSA) is 69.0 Å². The maximum Gasteiger partial charge on any atom is 0.197 e. The number of aryl methyl sites for hydroxylation is 1. The Hall–Kier alpha value is -2.33. The zero-order valence-electron chi connectivity index (χ0n) is 18.4. The van der Waals surface area contributed by atoms with Gasteiger partial charge in [0.1, 0.15) is 21.5 Å². The van der Waals surface area contributed by atoms with Crippen LogP contribution in [0.15, 0.2) is 45.9 Å². The number of nitrogens with zero attached hydrogens (tertiary/aromatic N) is 6. The first-order chi connectivity index (χ1) is 16.3. The van der Waals surface area contributed by atoms with E-state index in [0.29, 0.717) is 0 Å². The van der Waals surface area contributed by atoms with Gasteiger partial charge in [-0.15, -0.1) is 21.5 Å². The first kappa shape index (κ1) is 21.2. The van der Waals surface area contributed by atoms with Crippen molar-refractivity contribution in [1.29, 1.82) is 0 Å². The van der Waals surface area contributed by atoms with Gasteiger partial charge in [-0.2, -0.15) is 0 Å². The highest BCUT2D eigenvalue weighted by Crippen LogP contribution is 2.40. The lowest BCUT2D eigenvalue weighted by Crippen LogP contribution is -2.36. The highest BCUT2D eigenvalue weighted by molar-refractivity contribution is 7.99. The molecule has 2 aliphatic heterocycles. The van der Waals surface area contributed by atoms with E-state index < -0.39 is 0 Å². The lowest BCUT2D eigenvalue weighted by molar-refractivity contribution is 0.0330. The summed E-state index contributed by atoms with van der Waals surface area (Å²) in [5, 5.41) is 14.3. The molecule has 4 aromatic rings. The van der Waals surface area contributed by atoms with E-state index in [1.54, 1.807) is 23.1 Å². The van der Waals surface area contributed by atoms with Gasteiger partial charge in [-0.1, -0.05) is 36.8 Å². The minimum atomic E-state index is 0.739. The summed E-state index contributed by atoms with van der Waals surface area (Å²) in [6.07, 6.45) is 4.61. The van der Waals surface area contributed by atoms with Crippen molar-refractivity contribution in [3.8, 4) is 11.1 Å². The Morgan fingerprint density at radius 3 is 2.73 bits per heavy atom. The molecule has 5 heterocycles. The van der Waals surface area contributed by atoms with Crippen LogP contribution in [0.4, 0.5) is 0 Å². The first-order valence-electron chi connectivity index (χ1n) is 11.6. The number of hydrogen-bond acceptors (Lipinski definition) is 8. The van der Waals surface area contributed by atoms with Crippen molar-refractivity contribution in [2.45, 2.75) is 49.0 Å². The summed E-state index contributed by atoms with van der Waals surface area (Å²) < 4.78 is 7.81. The van der Waals surface area contributed by atoms with E-state index in [4.69, 9.17) is 14.7 Å². The second-order valence-corrected chi connectivity index (χ2v) is 10.3. The SMILES string of the molecule is c1ccc(-c2csc3nc(CN4CCOCC4)nc(Sc4nnc5n4CCCCC5)c23)cc1. The van der Waals surface area contributed by atoms with Crippen LogP contribution in [0.25, 0.3) is 21.3 Å².